The summed E-state index contributed by atoms with van der Waals surface area (Å²) in [4.78, 5) is 13.6. The Kier molecular flexibility index (Phi) is 18.4. The second kappa shape index (κ2) is 27.0. The first-order chi connectivity index (χ1) is 38.6. The molecule has 10 aromatic carbocycles. The summed E-state index contributed by atoms with van der Waals surface area (Å²) in [7, 11) is 0. The Bertz CT molecular complexity index is 3360. The van der Waals surface area contributed by atoms with Crippen molar-refractivity contribution in [3.63, 3.8) is 0 Å². The summed E-state index contributed by atoms with van der Waals surface area (Å²) in [5, 5.41) is 7.07. The highest BCUT2D eigenvalue weighted by Crippen LogP contribution is 2.30. The van der Waals surface area contributed by atoms with Gasteiger partial charge in [0.1, 0.15) is 63.7 Å². The van der Waals surface area contributed by atoms with Gasteiger partial charge in [0.05, 0.1) is 17.1 Å². The van der Waals surface area contributed by atoms with Crippen LogP contribution in [0.15, 0.2) is 258 Å². The van der Waals surface area contributed by atoms with Crippen molar-refractivity contribution in [1.82, 2.24) is 0 Å². The Morgan fingerprint density at radius 1 is 0.253 bits per heavy atom. The minimum atomic E-state index is -0.328. The second-order valence-electron chi connectivity index (χ2n) is 18.7. The number of ether oxygens (including phenoxy) is 5. The molecule has 10 heteroatoms. The lowest BCUT2D eigenvalue weighted by Crippen LogP contribution is -2.30. The molecule has 0 saturated carbocycles. The highest BCUT2D eigenvalue weighted by molar-refractivity contribution is 6.17. The normalized spacial score (nSPS) is 11.1. The quantitative estimate of drug-likeness (QED) is 0.0613. The highest BCUT2D eigenvalue weighted by Gasteiger charge is 2.09. The fourth-order valence-electron chi connectivity index (χ4n) is 7.62. The van der Waals surface area contributed by atoms with Crippen molar-refractivity contribution in [3.05, 3.63) is 270 Å². The first-order valence-electron chi connectivity index (χ1n) is 25.9. The van der Waals surface area contributed by atoms with Crippen LogP contribution in [0.2, 0.25) is 0 Å². The topological polar surface area (TPSA) is 107 Å². The monoisotopic (exact) mass is 1040 g/mol. The fraction of sp³-hybridized carbons (Fsp3) is 0.0870. The van der Waals surface area contributed by atoms with Gasteiger partial charge in [-0.2, -0.15) is 0 Å². The van der Waals surface area contributed by atoms with E-state index in [9.17, 15) is 0 Å². The molecule has 0 spiro atoms. The van der Waals surface area contributed by atoms with Gasteiger partial charge in [-0.3, -0.25) is 15.0 Å². The molecule has 0 amide bonds. The zero-order valence-corrected chi connectivity index (χ0v) is 44.8. The van der Waals surface area contributed by atoms with Crippen LogP contribution in [-0.2, 0) is 0 Å². The maximum atomic E-state index is 6.01. The van der Waals surface area contributed by atoms with Gasteiger partial charge in [0, 0.05) is 30.0 Å². The lowest BCUT2D eigenvalue weighted by molar-refractivity contribution is 0.482. The molecule has 0 unspecified atom stereocenters. The lowest BCUT2D eigenvalue weighted by Gasteiger charge is -2.19. The van der Waals surface area contributed by atoms with Gasteiger partial charge in [0.2, 0.25) is 0 Å². The maximum absolute atomic E-state index is 6.01. The number of benzene rings is 10. The van der Waals surface area contributed by atoms with Crippen LogP contribution in [0.5, 0.6) is 57.5 Å². The Labute approximate surface area is 463 Å². The van der Waals surface area contributed by atoms with Gasteiger partial charge in [-0.05, 0) is 217 Å². The maximum Gasteiger partial charge on any atom is 0.133 e. The molecule has 392 valence electrons. The number of nitrogens with one attached hydrogen (secondary N) is 2. The molecule has 0 atom stereocenters. The van der Waals surface area contributed by atoms with Crippen LogP contribution in [0.25, 0.3) is 0 Å². The average Bonchev–Trinajstić information content (AvgIpc) is 3.47. The Hall–Kier alpha value is -10.2. The standard InChI is InChI=1S/C41H37N3O3.C28H24N2O2/c1-29-4-16-35(17-5-29)45-38-22-10-32(11-23-38)42-28-41(43-33-12-24-39(25-13-33)46-36-18-6-30(2)7-19-36)44-34-14-26-40(27-15-34)47-37-20-8-31(3)9-21-37;1-21-3-11-25(12-4-21)31-27-15-7-23(8-16-27)29-19-20-30-24-9-17-28(18-10-24)32-26-13-5-22(2)6-14-26/h4-28,41,43-44H,1-3H3;3-20H,1-2H3. The van der Waals surface area contributed by atoms with Crippen molar-refractivity contribution in [3.8, 4) is 57.5 Å². The van der Waals surface area contributed by atoms with Gasteiger partial charge in [0.25, 0.3) is 0 Å². The van der Waals surface area contributed by atoms with Crippen molar-refractivity contribution in [2.45, 2.75) is 40.8 Å². The van der Waals surface area contributed by atoms with Crippen molar-refractivity contribution < 1.29 is 23.7 Å². The summed E-state index contributed by atoms with van der Waals surface area (Å²) in [6.45, 7) is 10.3. The fourth-order valence-corrected chi connectivity index (χ4v) is 7.62. The van der Waals surface area contributed by atoms with E-state index in [0.29, 0.717) is 0 Å². The molecule has 10 aromatic rings. The van der Waals surface area contributed by atoms with E-state index >= 15 is 0 Å². The summed E-state index contributed by atoms with van der Waals surface area (Å²) in [5.74, 6) is 7.84. The molecule has 10 nitrogen and oxygen atoms in total. The van der Waals surface area contributed by atoms with Gasteiger partial charge in [-0.15, -0.1) is 0 Å². The first kappa shape index (κ1) is 53.6. The first-order valence-corrected chi connectivity index (χ1v) is 25.9. The number of aryl methyl sites for hydroxylation is 5. The molecule has 0 fully saturated rings. The lowest BCUT2D eigenvalue weighted by atomic mass is 10.2. The van der Waals surface area contributed by atoms with Crippen LogP contribution in [0.1, 0.15) is 27.8 Å². The number of hydrogen-bond acceptors (Lipinski definition) is 10. The van der Waals surface area contributed by atoms with Crippen LogP contribution in [0.4, 0.5) is 28.4 Å². The molecule has 0 aliphatic rings. The molecule has 10 rings (SSSR count). The molecule has 0 heterocycles. The van der Waals surface area contributed by atoms with E-state index < -0.39 is 0 Å². The molecule has 2 N–H and O–H groups in total. The number of aliphatic imine (C=N–C) groups is 3. The molecule has 0 aliphatic carbocycles. The molecule has 0 aromatic heterocycles. The van der Waals surface area contributed by atoms with Crippen LogP contribution < -0.4 is 34.3 Å². The van der Waals surface area contributed by atoms with Gasteiger partial charge < -0.3 is 34.3 Å². The number of nitrogens with zero attached hydrogens (tertiary/aromatic N) is 3. The zero-order chi connectivity index (χ0) is 54.6. The van der Waals surface area contributed by atoms with E-state index in [1.54, 1.807) is 12.4 Å². The Balaban J connectivity index is 0.000000206. The second-order valence-corrected chi connectivity index (χ2v) is 18.7. The summed E-state index contributed by atoms with van der Waals surface area (Å²) >= 11 is 0. The molecular weight excluding hydrogens is 979 g/mol. The SMILES string of the molecule is Cc1ccc(Oc2ccc(N=CC(Nc3ccc(Oc4ccc(C)cc4)cc3)Nc3ccc(Oc4ccc(C)cc4)cc3)cc2)cc1.Cc1ccc(Oc2ccc(N=CC=Nc3ccc(Oc4ccc(C)cc4)cc3)cc2)cc1. The van der Waals surface area contributed by atoms with Gasteiger partial charge in [-0.25, -0.2) is 0 Å². The summed E-state index contributed by atoms with van der Waals surface area (Å²) in [5.41, 5.74) is 10.3. The van der Waals surface area contributed by atoms with Crippen LogP contribution in [-0.4, -0.2) is 24.8 Å². The molecule has 79 heavy (non-hydrogen) atoms. The molecule has 0 bridgehead atoms. The predicted octanol–water partition coefficient (Wildman–Crippen LogP) is 19.2. The third-order valence-corrected chi connectivity index (χ3v) is 12.0. The molecule has 0 saturated heterocycles. The van der Waals surface area contributed by atoms with Gasteiger partial charge >= 0.3 is 0 Å². The van der Waals surface area contributed by atoms with Crippen molar-refractivity contribution in [1.29, 1.82) is 0 Å². The molecule has 0 aliphatic heterocycles. The smallest absolute Gasteiger partial charge is 0.133 e. The average molecular weight is 1040 g/mol. The third-order valence-electron chi connectivity index (χ3n) is 12.0. The van der Waals surface area contributed by atoms with Crippen molar-refractivity contribution in [2.24, 2.45) is 15.0 Å². The minimum Gasteiger partial charge on any atom is -0.457 e. The van der Waals surface area contributed by atoms with E-state index in [2.05, 4.69) is 55.2 Å². The van der Waals surface area contributed by atoms with Crippen molar-refractivity contribution >= 4 is 47.1 Å². The summed E-state index contributed by atoms with van der Waals surface area (Å²) < 4.78 is 29.7. The third kappa shape index (κ3) is 17.4. The van der Waals surface area contributed by atoms with E-state index in [4.69, 9.17) is 28.7 Å². The van der Waals surface area contributed by atoms with E-state index in [-0.39, 0.29) is 6.17 Å². The van der Waals surface area contributed by atoms with Crippen molar-refractivity contribution in [2.75, 3.05) is 10.6 Å². The number of rotatable bonds is 19. The van der Waals surface area contributed by atoms with E-state index in [1.807, 2.05) is 249 Å². The molecular formula is C69H61N5O5. The van der Waals surface area contributed by atoms with Crippen LogP contribution in [0, 0.1) is 34.6 Å². The zero-order valence-electron chi connectivity index (χ0n) is 44.8. The molecule has 0 radical (unpaired) electrons. The minimum absolute atomic E-state index is 0.328. The number of hydrogen-bond donors (Lipinski definition) is 2. The van der Waals surface area contributed by atoms with E-state index in [0.717, 1.165) is 85.9 Å². The van der Waals surface area contributed by atoms with E-state index in [1.165, 1.54) is 27.8 Å². The predicted molar refractivity (Wildman–Crippen MR) is 324 cm³/mol. The highest BCUT2D eigenvalue weighted by atomic mass is 16.5. The van der Waals surface area contributed by atoms with Gasteiger partial charge in [0.15, 0.2) is 0 Å². The van der Waals surface area contributed by atoms with Crippen LogP contribution >= 0.6 is 0 Å². The largest absolute Gasteiger partial charge is 0.457 e. The summed E-state index contributed by atoms with van der Waals surface area (Å²) in [6, 6.07) is 78.6. The summed E-state index contributed by atoms with van der Waals surface area (Å²) in [6.07, 6.45) is 4.87. The van der Waals surface area contributed by atoms with Gasteiger partial charge in [-0.1, -0.05) is 88.5 Å². The number of anilines is 2. The van der Waals surface area contributed by atoms with Crippen LogP contribution in [0.3, 0.4) is 0 Å². The Morgan fingerprint density at radius 2 is 0.443 bits per heavy atom. The Morgan fingerprint density at radius 3 is 0.671 bits per heavy atom.